The number of hydrogen-bond donors (Lipinski definition) is 2. The Bertz CT molecular complexity index is 1190. The molecule has 2 bridgehead atoms. The third kappa shape index (κ3) is 4.10. The molecule has 5 nitrogen and oxygen atoms in total. The largest absolute Gasteiger partial charge is 0.481 e. The lowest BCUT2D eigenvalue weighted by molar-refractivity contribution is -0.146. The minimum atomic E-state index is -0.891. The van der Waals surface area contributed by atoms with E-state index in [4.69, 9.17) is 11.6 Å². The number of aromatic nitrogens is 1. The molecule has 2 aromatic carbocycles. The first-order valence-corrected chi connectivity index (χ1v) is 12.2. The molecule has 0 radical (unpaired) electrons. The van der Waals surface area contributed by atoms with E-state index < -0.39 is 17.8 Å². The first-order valence-electron chi connectivity index (χ1n) is 9.98. The highest BCUT2D eigenvalue weighted by molar-refractivity contribution is 8.00. The van der Waals surface area contributed by atoms with E-state index >= 15 is 0 Å². The number of nitrogens with one attached hydrogen (secondary N) is 1. The fourth-order valence-corrected chi connectivity index (χ4v) is 6.70. The van der Waals surface area contributed by atoms with Crippen molar-refractivity contribution in [2.45, 2.75) is 16.5 Å². The van der Waals surface area contributed by atoms with Gasteiger partial charge in [0, 0.05) is 16.5 Å². The second kappa shape index (κ2) is 8.30. The van der Waals surface area contributed by atoms with Gasteiger partial charge in [-0.2, -0.15) is 0 Å². The van der Waals surface area contributed by atoms with Crippen molar-refractivity contribution in [3.8, 4) is 0 Å². The Morgan fingerprint density at radius 3 is 2.61 bits per heavy atom. The number of allylic oxidation sites excluding steroid dienone is 2. The highest BCUT2D eigenvalue weighted by Gasteiger charge is 2.51. The maximum absolute atomic E-state index is 12.9. The molecule has 1 heterocycles. The smallest absolute Gasteiger partial charge is 0.307 e. The molecule has 1 aromatic heterocycles. The SMILES string of the molecule is O=C(O)[C@H]1[C@H](C(=O)Nc2ccc3nc(SCc4ccc(Cl)cc4)sc3c2)[C@H]2C=C[C@H]1C2. The summed E-state index contributed by atoms with van der Waals surface area (Å²) in [7, 11) is 0. The molecule has 0 unspecified atom stereocenters. The average molecular weight is 471 g/mol. The standard InChI is InChI=1S/C23H19ClN2O3S2/c24-15-5-1-12(2-6-15)11-30-23-26-17-8-7-16(10-18(17)31-23)25-21(27)19-13-3-4-14(9-13)20(19)22(28)29/h1-8,10,13-14,19-20H,9,11H2,(H,25,27)(H,28,29)/t13-,14-,19+,20+/m0/s1. The molecule has 2 aliphatic carbocycles. The Kier molecular flexibility index (Phi) is 5.50. The van der Waals surface area contributed by atoms with Gasteiger partial charge in [-0.15, -0.1) is 11.3 Å². The molecule has 31 heavy (non-hydrogen) atoms. The molecule has 1 saturated carbocycles. The molecule has 4 atom stereocenters. The lowest BCUT2D eigenvalue weighted by Crippen LogP contribution is -2.36. The van der Waals surface area contributed by atoms with Crippen LogP contribution in [0.15, 0.2) is 59.0 Å². The van der Waals surface area contributed by atoms with Gasteiger partial charge in [0.25, 0.3) is 0 Å². The lowest BCUT2D eigenvalue weighted by atomic mass is 9.82. The fraction of sp³-hybridized carbons (Fsp3) is 0.261. The summed E-state index contributed by atoms with van der Waals surface area (Å²) >= 11 is 9.18. The Morgan fingerprint density at radius 1 is 1.13 bits per heavy atom. The van der Waals surface area contributed by atoms with Crippen LogP contribution in [-0.4, -0.2) is 22.0 Å². The van der Waals surface area contributed by atoms with Crippen molar-refractivity contribution >= 4 is 62.5 Å². The molecule has 0 aliphatic heterocycles. The quantitative estimate of drug-likeness (QED) is 0.356. The zero-order chi connectivity index (χ0) is 21.5. The van der Waals surface area contributed by atoms with Crippen LogP contribution in [-0.2, 0) is 15.3 Å². The first-order chi connectivity index (χ1) is 15.0. The van der Waals surface area contributed by atoms with Crippen LogP contribution < -0.4 is 5.32 Å². The van der Waals surface area contributed by atoms with Crippen LogP contribution in [0.1, 0.15) is 12.0 Å². The molecule has 5 rings (SSSR count). The van der Waals surface area contributed by atoms with Gasteiger partial charge in [-0.1, -0.05) is 47.6 Å². The van der Waals surface area contributed by atoms with Crippen molar-refractivity contribution in [3.63, 3.8) is 0 Å². The molecule has 3 aromatic rings. The maximum atomic E-state index is 12.9. The number of fused-ring (bicyclic) bond motifs is 3. The van der Waals surface area contributed by atoms with Gasteiger partial charge in [-0.3, -0.25) is 9.59 Å². The van der Waals surface area contributed by atoms with E-state index in [0.717, 1.165) is 31.8 Å². The Labute approximate surface area is 192 Å². The Morgan fingerprint density at radius 2 is 1.87 bits per heavy atom. The van der Waals surface area contributed by atoms with E-state index in [1.807, 2.05) is 54.6 Å². The maximum Gasteiger partial charge on any atom is 0.307 e. The van der Waals surface area contributed by atoms with Gasteiger partial charge in [0.05, 0.1) is 22.1 Å². The number of hydrogen-bond acceptors (Lipinski definition) is 5. The molecule has 2 aliphatic rings. The number of carbonyl (C=O) groups excluding carboxylic acids is 1. The molecule has 0 spiro atoms. The van der Waals surface area contributed by atoms with Gasteiger partial charge < -0.3 is 10.4 Å². The molecule has 1 fully saturated rings. The van der Waals surface area contributed by atoms with Crippen molar-refractivity contribution in [3.05, 3.63) is 65.2 Å². The molecular weight excluding hydrogens is 452 g/mol. The summed E-state index contributed by atoms with van der Waals surface area (Å²) in [6.45, 7) is 0. The molecule has 158 valence electrons. The summed E-state index contributed by atoms with van der Waals surface area (Å²) < 4.78 is 1.94. The number of amides is 1. The van der Waals surface area contributed by atoms with Gasteiger partial charge in [-0.05, 0) is 54.2 Å². The van der Waals surface area contributed by atoms with Gasteiger partial charge >= 0.3 is 5.97 Å². The number of thioether (sulfide) groups is 1. The van der Waals surface area contributed by atoms with Crippen molar-refractivity contribution in [1.82, 2.24) is 4.98 Å². The number of anilines is 1. The zero-order valence-corrected chi connectivity index (χ0v) is 18.7. The van der Waals surface area contributed by atoms with E-state index in [1.54, 1.807) is 23.1 Å². The van der Waals surface area contributed by atoms with Crippen molar-refractivity contribution in [2.75, 3.05) is 5.32 Å². The molecule has 2 N–H and O–H groups in total. The predicted molar refractivity (Wildman–Crippen MR) is 125 cm³/mol. The van der Waals surface area contributed by atoms with Crippen LogP contribution in [0.2, 0.25) is 5.02 Å². The number of rotatable bonds is 6. The van der Waals surface area contributed by atoms with E-state index in [2.05, 4.69) is 10.3 Å². The van der Waals surface area contributed by atoms with Gasteiger partial charge in [0.1, 0.15) is 0 Å². The number of nitrogens with zero attached hydrogens (tertiary/aromatic N) is 1. The second-order valence-electron chi connectivity index (χ2n) is 7.90. The average Bonchev–Trinajstić information content (AvgIpc) is 3.47. The number of carboxylic acid groups (broad SMARTS) is 1. The van der Waals surface area contributed by atoms with Crippen LogP contribution >= 0.6 is 34.7 Å². The van der Waals surface area contributed by atoms with Crippen LogP contribution in [0.5, 0.6) is 0 Å². The Balaban J connectivity index is 1.29. The van der Waals surface area contributed by atoms with Crippen LogP contribution in [0.4, 0.5) is 5.69 Å². The summed E-state index contributed by atoms with van der Waals surface area (Å²) in [6.07, 6.45) is 4.68. The topological polar surface area (TPSA) is 79.3 Å². The summed E-state index contributed by atoms with van der Waals surface area (Å²) in [5, 5.41) is 13.2. The number of aliphatic carboxylic acids is 1. The summed E-state index contributed by atoms with van der Waals surface area (Å²) in [4.78, 5) is 29.3. The number of carboxylic acids is 1. The molecule has 0 saturated heterocycles. The fourth-order valence-electron chi connectivity index (χ4n) is 4.51. The highest BCUT2D eigenvalue weighted by atomic mass is 35.5. The van der Waals surface area contributed by atoms with E-state index in [0.29, 0.717) is 5.69 Å². The van der Waals surface area contributed by atoms with E-state index in [1.165, 1.54) is 5.56 Å². The third-order valence-corrected chi connectivity index (χ3v) is 8.44. The minimum absolute atomic E-state index is 0.00843. The summed E-state index contributed by atoms with van der Waals surface area (Å²) in [5.41, 5.74) is 2.73. The van der Waals surface area contributed by atoms with Crippen molar-refractivity contribution in [1.29, 1.82) is 0 Å². The van der Waals surface area contributed by atoms with Crippen LogP contribution in [0, 0.1) is 23.7 Å². The van der Waals surface area contributed by atoms with E-state index in [9.17, 15) is 14.7 Å². The minimum Gasteiger partial charge on any atom is -0.481 e. The molecule has 8 heteroatoms. The van der Waals surface area contributed by atoms with Gasteiger partial charge in [-0.25, -0.2) is 4.98 Å². The number of thiazole rings is 1. The van der Waals surface area contributed by atoms with Gasteiger partial charge in [0.2, 0.25) is 5.91 Å². The normalized spacial score (nSPS) is 24.0. The predicted octanol–water partition coefficient (Wildman–Crippen LogP) is 5.70. The molecule has 1 amide bonds. The third-order valence-electron chi connectivity index (χ3n) is 5.96. The van der Waals surface area contributed by atoms with Crippen molar-refractivity contribution in [2.24, 2.45) is 23.7 Å². The van der Waals surface area contributed by atoms with Gasteiger partial charge in [0.15, 0.2) is 4.34 Å². The lowest BCUT2D eigenvalue weighted by Gasteiger charge is -2.23. The summed E-state index contributed by atoms with van der Waals surface area (Å²) in [6, 6.07) is 13.4. The van der Waals surface area contributed by atoms with Crippen LogP contribution in [0.3, 0.4) is 0 Å². The second-order valence-corrected chi connectivity index (χ2v) is 10.6. The number of benzene rings is 2. The zero-order valence-electron chi connectivity index (χ0n) is 16.3. The highest BCUT2D eigenvalue weighted by Crippen LogP contribution is 2.48. The molecular formula is C23H19ClN2O3S2. The van der Waals surface area contributed by atoms with Crippen molar-refractivity contribution < 1.29 is 14.7 Å². The van der Waals surface area contributed by atoms with E-state index in [-0.39, 0.29) is 17.7 Å². The number of carbonyl (C=O) groups is 2. The number of halogens is 1. The first kappa shape index (κ1) is 20.5. The van der Waals surface area contributed by atoms with Crippen LogP contribution in [0.25, 0.3) is 10.2 Å². The Hall–Kier alpha value is -2.35. The summed E-state index contributed by atoms with van der Waals surface area (Å²) in [5.74, 6) is -1.50. The monoisotopic (exact) mass is 470 g/mol.